The highest BCUT2D eigenvalue weighted by Crippen LogP contribution is 2.24. The van der Waals surface area contributed by atoms with E-state index >= 15 is 0 Å². The van der Waals surface area contributed by atoms with Crippen LogP contribution in [0.3, 0.4) is 0 Å². The minimum Gasteiger partial charge on any atom is -0.494 e. The fourth-order valence-corrected chi connectivity index (χ4v) is 4.12. The summed E-state index contributed by atoms with van der Waals surface area (Å²) in [6, 6.07) is 11.5. The summed E-state index contributed by atoms with van der Waals surface area (Å²) in [7, 11) is 0. The molecule has 0 atom stereocenters. The van der Waals surface area contributed by atoms with Gasteiger partial charge in [-0.05, 0) is 36.2 Å². The molecule has 7 nitrogen and oxygen atoms in total. The van der Waals surface area contributed by atoms with Gasteiger partial charge >= 0.3 is 0 Å². The first kappa shape index (κ1) is 21.4. The van der Waals surface area contributed by atoms with Crippen LogP contribution >= 0.6 is 11.3 Å². The zero-order valence-corrected chi connectivity index (χ0v) is 18.1. The Morgan fingerprint density at radius 3 is 2.87 bits per heavy atom. The molecule has 3 heterocycles. The highest BCUT2D eigenvalue weighted by molar-refractivity contribution is 7.14. The van der Waals surface area contributed by atoms with Gasteiger partial charge in [0.1, 0.15) is 5.75 Å². The monoisotopic (exact) mass is 438 g/mol. The number of hydrogen-bond donors (Lipinski definition) is 1. The number of anilines is 1. The number of carbonyl (C=O) groups is 1. The summed E-state index contributed by atoms with van der Waals surface area (Å²) in [4.78, 5) is 23.4. The Balaban J connectivity index is 1.23. The summed E-state index contributed by atoms with van der Waals surface area (Å²) in [6.07, 6.45) is 4.69. The molecule has 1 amide bonds. The predicted octanol–water partition coefficient (Wildman–Crippen LogP) is 3.49. The first-order valence-electron chi connectivity index (χ1n) is 10.4. The van der Waals surface area contributed by atoms with Crippen LogP contribution in [0.15, 0.2) is 54.2 Å². The van der Waals surface area contributed by atoms with Crippen molar-refractivity contribution in [3.63, 3.8) is 0 Å². The first-order chi connectivity index (χ1) is 15.3. The van der Waals surface area contributed by atoms with Gasteiger partial charge in [0.25, 0.3) is 0 Å². The highest BCUT2D eigenvalue weighted by atomic mass is 32.1. The Kier molecular flexibility index (Phi) is 7.60. The molecular weight excluding hydrogens is 412 g/mol. The van der Waals surface area contributed by atoms with Gasteiger partial charge in [0.05, 0.1) is 31.9 Å². The van der Waals surface area contributed by atoms with Crippen molar-refractivity contribution in [1.29, 1.82) is 0 Å². The van der Waals surface area contributed by atoms with Crippen LogP contribution in [0.2, 0.25) is 0 Å². The van der Waals surface area contributed by atoms with E-state index in [1.54, 1.807) is 12.4 Å². The Morgan fingerprint density at radius 1 is 1.19 bits per heavy atom. The number of hydrogen-bond acceptors (Lipinski definition) is 7. The number of nitrogens with zero attached hydrogens (tertiary/aromatic N) is 3. The van der Waals surface area contributed by atoms with Crippen LogP contribution in [0.4, 0.5) is 5.13 Å². The van der Waals surface area contributed by atoms with Crippen molar-refractivity contribution >= 4 is 22.4 Å². The summed E-state index contributed by atoms with van der Waals surface area (Å²) in [5, 5.41) is 5.40. The van der Waals surface area contributed by atoms with Crippen LogP contribution in [0, 0.1) is 0 Å². The van der Waals surface area contributed by atoms with Crippen LogP contribution in [-0.2, 0) is 16.0 Å². The SMILES string of the molecule is O=C(Cc1cccc(OCCCN2CCOCC2)c1)Nc1nc(-c2ccncc2)cs1. The van der Waals surface area contributed by atoms with Crippen molar-refractivity contribution in [2.75, 3.05) is 44.8 Å². The number of benzene rings is 1. The molecule has 4 rings (SSSR count). The molecule has 8 heteroatoms. The molecule has 0 aliphatic carbocycles. The molecular formula is C23H26N4O3S. The average molecular weight is 439 g/mol. The molecule has 0 bridgehead atoms. The van der Waals surface area contributed by atoms with Crippen molar-refractivity contribution in [2.24, 2.45) is 0 Å². The fraction of sp³-hybridized carbons (Fsp3) is 0.348. The molecule has 0 radical (unpaired) electrons. The van der Waals surface area contributed by atoms with E-state index in [1.807, 2.05) is 41.8 Å². The van der Waals surface area contributed by atoms with Crippen LogP contribution in [0.5, 0.6) is 5.75 Å². The summed E-state index contributed by atoms with van der Waals surface area (Å²) in [6.45, 7) is 5.29. The van der Waals surface area contributed by atoms with Crippen LogP contribution in [0.25, 0.3) is 11.3 Å². The Hall–Kier alpha value is -2.81. The number of nitrogens with one attached hydrogen (secondary N) is 1. The number of carbonyl (C=O) groups excluding carboxylic acids is 1. The van der Waals surface area contributed by atoms with Gasteiger partial charge in [-0.25, -0.2) is 4.98 Å². The van der Waals surface area contributed by atoms with Crippen molar-refractivity contribution < 1.29 is 14.3 Å². The molecule has 1 saturated heterocycles. The maximum atomic E-state index is 12.5. The van der Waals surface area contributed by atoms with Gasteiger partial charge in [0.15, 0.2) is 5.13 Å². The molecule has 0 spiro atoms. The lowest BCUT2D eigenvalue weighted by molar-refractivity contribution is -0.115. The molecule has 1 fully saturated rings. The Bertz CT molecular complexity index is 974. The third-order valence-electron chi connectivity index (χ3n) is 4.98. The number of morpholine rings is 1. The van der Waals surface area contributed by atoms with E-state index in [9.17, 15) is 4.79 Å². The second-order valence-electron chi connectivity index (χ2n) is 7.30. The zero-order valence-electron chi connectivity index (χ0n) is 17.3. The lowest BCUT2D eigenvalue weighted by Gasteiger charge is -2.26. The first-order valence-corrected chi connectivity index (χ1v) is 11.3. The van der Waals surface area contributed by atoms with E-state index in [4.69, 9.17) is 9.47 Å². The summed E-state index contributed by atoms with van der Waals surface area (Å²) in [5.74, 6) is 0.696. The molecule has 1 N–H and O–H groups in total. The number of thiazole rings is 1. The largest absolute Gasteiger partial charge is 0.494 e. The normalized spacial score (nSPS) is 14.3. The minimum atomic E-state index is -0.0971. The number of pyridine rings is 1. The quantitative estimate of drug-likeness (QED) is 0.516. The van der Waals surface area contributed by atoms with Crippen LogP contribution in [-0.4, -0.2) is 60.2 Å². The van der Waals surface area contributed by atoms with Crippen molar-refractivity contribution in [3.05, 3.63) is 59.7 Å². The topological polar surface area (TPSA) is 76.6 Å². The molecule has 162 valence electrons. The highest BCUT2D eigenvalue weighted by Gasteiger charge is 2.11. The molecule has 1 aliphatic rings. The average Bonchev–Trinajstić information content (AvgIpc) is 3.27. The standard InChI is InChI=1S/C23H26N4O3S/c28-22(26-23-25-21(17-31-23)19-5-7-24-8-6-19)16-18-3-1-4-20(15-18)30-12-2-9-27-10-13-29-14-11-27/h1,3-8,15,17H,2,9-14,16H2,(H,25,26,28). The second-order valence-corrected chi connectivity index (χ2v) is 8.16. The van der Waals surface area contributed by atoms with E-state index in [1.165, 1.54) is 11.3 Å². The number of aromatic nitrogens is 2. The summed E-state index contributed by atoms with van der Waals surface area (Å²) >= 11 is 1.41. The van der Waals surface area contributed by atoms with Crippen molar-refractivity contribution in [2.45, 2.75) is 12.8 Å². The van der Waals surface area contributed by atoms with Gasteiger partial charge in [-0.1, -0.05) is 12.1 Å². The minimum absolute atomic E-state index is 0.0971. The number of amides is 1. The van der Waals surface area contributed by atoms with E-state index < -0.39 is 0 Å². The number of ether oxygens (including phenoxy) is 2. The van der Waals surface area contributed by atoms with E-state index in [2.05, 4.69) is 20.2 Å². The fourth-order valence-electron chi connectivity index (χ4n) is 3.38. The third-order valence-corrected chi connectivity index (χ3v) is 5.74. The Morgan fingerprint density at radius 2 is 2.03 bits per heavy atom. The van der Waals surface area contributed by atoms with Crippen molar-refractivity contribution in [1.82, 2.24) is 14.9 Å². The predicted molar refractivity (Wildman–Crippen MR) is 121 cm³/mol. The van der Waals surface area contributed by atoms with Crippen LogP contribution in [0.1, 0.15) is 12.0 Å². The molecule has 2 aromatic heterocycles. The van der Waals surface area contributed by atoms with Gasteiger partial charge in [0, 0.05) is 43.0 Å². The molecule has 0 saturated carbocycles. The molecule has 1 aliphatic heterocycles. The Labute approximate surface area is 186 Å². The van der Waals surface area contributed by atoms with Crippen LogP contribution < -0.4 is 10.1 Å². The molecule has 1 aromatic carbocycles. The van der Waals surface area contributed by atoms with E-state index in [-0.39, 0.29) is 12.3 Å². The van der Waals surface area contributed by atoms with Gasteiger partial charge in [-0.3, -0.25) is 14.7 Å². The summed E-state index contributed by atoms with van der Waals surface area (Å²) < 4.78 is 11.3. The smallest absolute Gasteiger partial charge is 0.230 e. The zero-order chi connectivity index (χ0) is 21.3. The molecule has 3 aromatic rings. The summed E-state index contributed by atoms with van der Waals surface area (Å²) in [5.41, 5.74) is 2.72. The van der Waals surface area contributed by atoms with Gasteiger partial charge in [-0.2, -0.15) is 0 Å². The maximum absolute atomic E-state index is 12.5. The van der Waals surface area contributed by atoms with Gasteiger partial charge in [-0.15, -0.1) is 11.3 Å². The second kappa shape index (κ2) is 11.0. The van der Waals surface area contributed by atoms with E-state index in [0.717, 1.165) is 61.8 Å². The third kappa shape index (κ3) is 6.58. The maximum Gasteiger partial charge on any atom is 0.230 e. The lowest BCUT2D eigenvalue weighted by Crippen LogP contribution is -2.37. The molecule has 0 unspecified atom stereocenters. The van der Waals surface area contributed by atoms with Gasteiger partial charge in [0.2, 0.25) is 5.91 Å². The van der Waals surface area contributed by atoms with Crippen molar-refractivity contribution in [3.8, 4) is 17.0 Å². The number of rotatable bonds is 9. The molecule has 31 heavy (non-hydrogen) atoms. The van der Waals surface area contributed by atoms with Gasteiger partial charge < -0.3 is 14.8 Å². The lowest BCUT2D eigenvalue weighted by atomic mass is 10.1. The van der Waals surface area contributed by atoms with E-state index in [0.29, 0.717) is 11.7 Å².